The van der Waals surface area contributed by atoms with Crippen LogP contribution in [0, 0.1) is 5.82 Å². The average Bonchev–Trinajstić information content (AvgIpc) is 3.02. The van der Waals surface area contributed by atoms with Gasteiger partial charge in [0.25, 0.3) is 0 Å². The number of carboxylic acids is 1. The summed E-state index contributed by atoms with van der Waals surface area (Å²) >= 11 is 0. The average molecular weight is 692 g/mol. The zero-order chi connectivity index (χ0) is 35.8. The number of nitrogens with two attached hydrogens (primary N) is 1. The number of carbonyl (C=O) groups excluding carboxylic acids is 2. The number of aryl methyl sites for hydroxylation is 1. The smallest absolute Gasteiger partial charge is 0.475 e. The highest BCUT2D eigenvalue weighted by atomic mass is 32.2. The molecule has 1 aromatic heterocycles. The van der Waals surface area contributed by atoms with Crippen LogP contribution in [0.5, 0.6) is 0 Å². The maximum Gasteiger partial charge on any atom is 0.490 e. The van der Waals surface area contributed by atoms with Crippen LogP contribution in [0.4, 0.5) is 34.8 Å². The molecule has 4 rings (SSSR count). The first-order valence-electron chi connectivity index (χ1n) is 14.4. The Morgan fingerprint density at radius 2 is 1.65 bits per heavy atom. The Bertz CT molecular complexity index is 1940. The number of anilines is 3. The minimum Gasteiger partial charge on any atom is -0.475 e. The van der Waals surface area contributed by atoms with Crippen molar-refractivity contribution < 1.29 is 45.5 Å². The Labute approximate surface area is 273 Å². The van der Waals surface area contributed by atoms with Crippen LogP contribution in [-0.4, -0.2) is 48.2 Å². The first-order chi connectivity index (χ1) is 22.5. The van der Waals surface area contributed by atoms with Crippen molar-refractivity contribution in [2.24, 2.45) is 0 Å². The van der Waals surface area contributed by atoms with Crippen molar-refractivity contribution in [2.75, 3.05) is 22.1 Å². The third-order valence-electron chi connectivity index (χ3n) is 6.94. The molecule has 6 N–H and O–H groups in total. The molecule has 0 radical (unpaired) electrons. The Morgan fingerprint density at radius 1 is 0.979 bits per heavy atom. The third-order valence-corrected chi connectivity index (χ3v) is 8.77. The number of alkyl halides is 3. The van der Waals surface area contributed by atoms with Gasteiger partial charge in [-0.1, -0.05) is 26.0 Å². The van der Waals surface area contributed by atoms with E-state index in [4.69, 9.17) is 15.6 Å². The second kappa shape index (κ2) is 15.6. The van der Waals surface area contributed by atoms with E-state index in [1.807, 2.05) is 6.92 Å². The fourth-order valence-corrected chi connectivity index (χ4v) is 5.64. The van der Waals surface area contributed by atoms with E-state index >= 15 is 4.39 Å². The molecule has 0 fully saturated rings. The van der Waals surface area contributed by atoms with Gasteiger partial charge in [-0.25, -0.2) is 22.6 Å². The van der Waals surface area contributed by atoms with E-state index in [0.29, 0.717) is 29.2 Å². The number of aromatic nitrogens is 1. The maximum absolute atomic E-state index is 15.2. The second-order valence-electron chi connectivity index (χ2n) is 10.3. The number of rotatable bonds is 10. The molecular weight excluding hydrogens is 658 g/mol. The molecule has 1 atom stereocenters. The molecule has 0 saturated heterocycles. The van der Waals surface area contributed by atoms with Gasteiger partial charge in [0.1, 0.15) is 17.7 Å². The number of halogens is 4. The molecule has 16 heteroatoms. The van der Waals surface area contributed by atoms with Crippen LogP contribution >= 0.6 is 0 Å². The first kappa shape index (κ1) is 37.2. The molecule has 0 bridgehead atoms. The highest BCUT2D eigenvalue weighted by molar-refractivity contribution is 7.91. The number of carbonyl (C=O) groups is 3. The lowest BCUT2D eigenvalue weighted by Crippen LogP contribution is -2.34. The number of hydrogen-bond donors (Lipinski definition) is 5. The van der Waals surface area contributed by atoms with Gasteiger partial charge >= 0.3 is 12.1 Å². The lowest BCUT2D eigenvalue weighted by molar-refractivity contribution is -0.192. The lowest BCUT2D eigenvalue weighted by Gasteiger charge is -2.22. The Kier molecular flexibility index (Phi) is 12.1. The van der Waals surface area contributed by atoms with E-state index in [-0.39, 0.29) is 28.7 Å². The van der Waals surface area contributed by atoms with Gasteiger partial charge in [0.15, 0.2) is 9.84 Å². The predicted octanol–water partition coefficient (Wildman–Crippen LogP) is 5.37. The fourth-order valence-electron chi connectivity index (χ4n) is 4.52. The second-order valence-corrected chi connectivity index (χ2v) is 12.6. The van der Waals surface area contributed by atoms with Gasteiger partial charge in [-0.2, -0.15) is 13.2 Å². The van der Waals surface area contributed by atoms with Crippen LogP contribution < -0.4 is 21.7 Å². The highest BCUT2D eigenvalue weighted by Crippen LogP contribution is 2.28. The minimum absolute atomic E-state index is 0.0406. The lowest BCUT2D eigenvalue weighted by atomic mass is 10.0. The van der Waals surface area contributed by atoms with Crippen LogP contribution in [-0.2, 0) is 37.2 Å². The maximum atomic E-state index is 15.2. The van der Waals surface area contributed by atoms with Crippen molar-refractivity contribution in [3.63, 3.8) is 0 Å². The number of fused-ring (bicyclic) bond motifs is 1. The number of amides is 2. The number of carboxylic acid groups (broad SMARTS) is 1. The topological polar surface area (TPSA) is 181 Å². The number of hydrogen-bond acceptors (Lipinski definition) is 8. The molecule has 11 nitrogen and oxygen atoms in total. The van der Waals surface area contributed by atoms with Crippen LogP contribution in [0.15, 0.2) is 71.8 Å². The zero-order valence-electron chi connectivity index (χ0n) is 26.0. The van der Waals surface area contributed by atoms with Gasteiger partial charge < -0.3 is 26.8 Å². The molecule has 0 aliphatic rings. The summed E-state index contributed by atoms with van der Waals surface area (Å²) in [6.07, 6.45) is -2.87. The Hall–Kier alpha value is -5.25. The van der Waals surface area contributed by atoms with E-state index in [2.05, 4.69) is 20.9 Å². The van der Waals surface area contributed by atoms with Gasteiger partial charge in [0, 0.05) is 42.0 Å². The third kappa shape index (κ3) is 9.63. The summed E-state index contributed by atoms with van der Waals surface area (Å²) in [5, 5.41) is 17.2. The fraction of sp³-hybridized carbons (Fsp3) is 0.250. The Morgan fingerprint density at radius 3 is 2.25 bits per heavy atom. The summed E-state index contributed by atoms with van der Waals surface area (Å²) in [5.74, 6) is -4.00. The molecule has 0 aliphatic carbocycles. The monoisotopic (exact) mass is 691 g/mol. The summed E-state index contributed by atoms with van der Waals surface area (Å²) < 4.78 is 72.4. The molecular formula is C32H33F4N5O6S. The molecule has 0 spiro atoms. The molecule has 2 amide bonds. The normalized spacial score (nSPS) is 12.0. The molecule has 1 unspecified atom stereocenters. The number of sulfone groups is 1. The number of pyridine rings is 1. The van der Waals surface area contributed by atoms with Gasteiger partial charge in [0.05, 0.1) is 10.6 Å². The molecule has 48 heavy (non-hydrogen) atoms. The Balaban J connectivity index is 0.000000804. The first-order valence-corrected chi connectivity index (χ1v) is 16.0. The van der Waals surface area contributed by atoms with Crippen LogP contribution in [0.1, 0.15) is 43.5 Å². The standard InChI is InChI=1S/C30H32FN5O4S.C2HF3O2/c1-4-19-6-10-26(31)25(14-19)28(36-23-7-9-24-20(15-23)12-13-33-29(24)32)30(38)34-17-21-16-22(35-18(3)37)8-11-27(21)41(39,40)5-2;3-2(4,5)1(6)7/h6-16,28,36H,4-5,17H2,1-3H3,(H2,32,33)(H,34,38)(H,35,37);(H,6,7). The van der Waals surface area contributed by atoms with Crippen molar-refractivity contribution in [3.8, 4) is 0 Å². The quantitative estimate of drug-likeness (QED) is 0.137. The van der Waals surface area contributed by atoms with Crippen molar-refractivity contribution in [3.05, 3.63) is 89.4 Å². The molecule has 3 aromatic carbocycles. The number of aliphatic carboxylic acids is 1. The van der Waals surface area contributed by atoms with Crippen LogP contribution in [0.2, 0.25) is 0 Å². The van der Waals surface area contributed by atoms with Crippen molar-refractivity contribution in [1.82, 2.24) is 10.3 Å². The van der Waals surface area contributed by atoms with Gasteiger partial charge in [0.2, 0.25) is 11.8 Å². The summed E-state index contributed by atoms with van der Waals surface area (Å²) in [7, 11) is -3.64. The summed E-state index contributed by atoms with van der Waals surface area (Å²) in [6.45, 7) is 4.62. The van der Waals surface area contributed by atoms with Crippen molar-refractivity contribution in [1.29, 1.82) is 0 Å². The van der Waals surface area contributed by atoms with E-state index in [9.17, 15) is 31.2 Å². The van der Waals surface area contributed by atoms with E-state index < -0.39 is 39.7 Å². The van der Waals surface area contributed by atoms with Gasteiger partial charge in [-0.15, -0.1) is 0 Å². The summed E-state index contributed by atoms with van der Waals surface area (Å²) in [6, 6.07) is 14.9. The van der Waals surface area contributed by atoms with Gasteiger partial charge in [-0.3, -0.25) is 9.59 Å². The van der Waals surface area contributed by atoms with Crippen molar-refractivity contribution >= 4 is 55.6 Å². The molecule has 256 valence electrons. The van der Waals surface area contributed by atoms with Crippen LogP contribution in [0.25, 0.3) is 10.8 Å². The number of nitrogens with zero attached hydrogens (tertiary/aromatic N) is 1. The summed E-state index contributed by atoms with van der Waals surface area (Å²) in [4.78, 5) is 38.3. The van der Waals surface area contributed by atoms with Crippen LogP contribution in [0.3, 0.4) is 0 Å². The SMILES string of the molecule is CCc1ccc(F)c(C(Nc2ccc3c(N)nccc3c2)C(=O)NCc2cc(NC(C)=O)ccc2S(=O)(=O)CC)c1.O=C(O)C(F)(F)F. The minimum atomic E-state index is -5.08. The number of benzene rings is 3. The number of nitrogen functional groups attached to an aromatic ring is 1. The highest BCUT2D eigenvalue weighted by Gasteiger charge is 2.38. The van der Waals surface area contributed by atoms with Crippen molar-refractivity contribution in [2.45, 2.75) is 50.9 Å². The predicted molar refractivity (Wildman–Crippen MR) is 172 cm³/mol. The van der Waals surface area contributed by atoms with Gasteiger partial charge in [-0.05, 0) is 71.5 Å². The summed E-state index contributed by atoms with van der Waals surface area (Å²) in [5.41, 5.74) is 8.19. The molecule has 0 saturated carbocycles. The van der Waals surface area contributed by atoms with E-state index in [1.165, 1.54) is 38.1 Å². The number of nitrogens with one attached hydrogen (secondary N) is 3. The molecule has 1 heterocycles. The largest absolute Gasteiger partial charge is 0.490 e. The molecule has 4 aromatic rings. The zero-order valence-corrected chi connectivity index (χ0v) is 26.8. The molecule has 0 aliphatic heterocycles. The van der Waals surface area contributed by atoms with E-state index in [1.54, 1.807) is 42.6 Å². The van der Waals surface area contributed by atoms with E-state index in [0.717, 1.165) is 16.3 Å².